The minimum atomic E-state index is -0.388. The molecule has 0 fully saturated rings. The van der Waals surface area contributed by atoms with Crippen molar-refractivity contribution >= 4 is 82.7 Å². The molecule has 11 heteroatoms. The number of hydrogen-bond donors (Lipinski definition) is 3. The summed E-state index contributed by atoms with van der Waals surface area (Å²) in [5.41, 5.74) is 15.3. The standard InChI is InChI=1S/C22H13BrN6OS3/c23-11-5-3-10(4-6-11)13-9-32-22(27-13)29-20(30)18-17(25)16-15(14-2-1-7-31-14)12(8-24)19(26)28-21(16)33-18/h1-7,9H,25H2,(H2,26,28)(H,27,29,30). The summed E-state index contributed by atoms with van der Waals surface area (Å²) in [5, 5.41) is 17.3. The molecule has 0 unspecified atom stereocenters. The Balaban J connectivity index is 1.53. The van der Waals surface area contributed by atoms with Crippen molar-refractivity contribution in [2.24, 2.45) is 0 Å². The summed E-state index contributed by atoms with van der Waals surface area (Å²) in [6, 6.07) is 13.7. The molecule has 1 aromatic carbocycles. The molecule has 0 atom stereocenters. The molecule has 5 aromatic rings. The first kappa shape index (κ1) is 21.5. The summed E-state index contributed by atoms with van der Waals surface area (Å²) < 4.78 is 0.978. The number of nitriles is 1. The maximum absolute atomic E-state index is 13.1. The third-order valence-electron chi connectivity index (χ3n) is 4.85. The average molecular weight is 553 g/mol. The van der Waals surface area contributed by atoms with Crippen molar-refractivity contribution < 1.29 is 4.79 Å². The van der Waals surface area contributed by atoms with Crippen molar-refractivity contribution in [3.8, 4) is 27.8 Å². The highest BCUT2D eigenvalue weighted by Crippen LogP contribution is 2.44. The Bertz CT molecular complexity index is 1550. The third-order valence-corrected chi connectivity index (χ3v) is 8.13. The number of fused-ring (bicyclic) bond motifs is 1. The summed E-state index contributed by atoms with van der Waals surface area (Å²) >= 11 is 7.35. The van der Waals surface area contributed by atoms with Crippen molar-refractivity contribution in [2.75, 3.05) is 16.8 Å². The van der Waals surface area contributed by atoms with E-state index in [2.05, 4.69) is 37.3 Å². The van der Waals surface area contributed by atoms with Gasteiger partial charge in [0.2, 0.25) is 0 Å². The van der Waals surface area contributed by atoms with E-state index < -0.39 is 0 Å². The lowest BCUT2D eigenvalue weighted by atomic mass is 10.0. The first-order valence-corrected chi connectivity index (χ1v) is 12.8. The Kier molecular flexibility index (Phi) is 5.59. The summed E-state index contributed by atoms with van der Waals surface area (Å²) in [6.07, 6.45) is 0. The van der Waals surface area contributed by atoms with Crippen molar-refractivity contribution in [3.05, 3.63) is 62.1 Å². The maximum atomic E-state index is 13.1. The lowest BCUT2D eigenvalue weighted by molar-refractivity contribution is 0.103. The molecule has 0 saturated heterocycles. The number of halogens is 1. The van der Waals surface area contributed by atoms with Crippen LogP contribution in [-0.4, -0.2) is 15.9 Å². The fourth-order valence-corrected chi connectivity index (χ4v) is 6.13. The zero-order chi connectivity index (χ0) is 23.1. The van der Waals surface area contributed by atoms with Crippen LogP contribution in [0.15, 0.2) is 51.6 Å². The van der Waals surface area contributed by atoms with E-state index in [1.807, 2.05) is 47.2 Å². The zero-order valence-electron chi connectivity index (χ0n) is 16.6. The van der Waals surface area contributed by atoms with Gasteiger partial charge in [0.05, 0.1) is 11.4 Å². The normalized spacial score (nSPS) is 10.9. The van der Waals surface area contributed by atoms with Gasteiger partial charge in [-0.25, -0.2) is 9.97 Å². The largest absolute Gasteiger partial charge is 0.397 e. The molecule has 5 rings (SSSR count). The molecule has 0 bridgehead atoms. The first-order chi connectivity index (χ1) is 16.0. The molecular weight excluding hydrogens is 540 g/mol. The van der Waals surface area contributed by atoms with Crippen LogP contribution in [0.3, 0.4) is 0 Å². The first-order valence-electron chi connectivity index (χ1n) is 9.44. The Morgan fingerprint density at radius 1 is 1.12 bits per heavy atom. The van der Waals surface area contributed by atoms with E-state index in [0.29, 0.717) is 25.8 Å². The molecule has 0 aliphatic carbocycles. The van der Waals surface area contributed by atoms with Gasteiger partial charge in [-0.2, -0.15) is 5.26 Å². The van der Waals surface area contributed by atoms with Gasteiger partial charge >= 0.3 is 0 Å². The van der Waals surface area contributed by atoms with Crippen molar-refractivity contribution in [1.82, 2.24) is 9.97 Å². The summed E-state index contributed by atoms with van der Waals surface area (Å²) in [6.45, 7) is 0. The second kappa shape index (κ2) is 8.57. The minimum absolute atomic E-state index is 0.112. The van der Waals surface area contributed by atoms with E-state index in [4.69, 9.17) is 11.5 Å². The van der Waals surface area contributed by atoms with Crippen molar-refractivity contribution in [2.45, 2.75) is 0 Å². The van der Waals surface area contributed by atoms with Crippen molar-refractivity contribution in [1.29, 1.82) is 5.26 Å². The molecule has 0 aliphatic rings. The quantitative estimate of drug-likeness (QED) is 0.243. The van der Waals surface area contributed by atoms with Gasteiger partial charge in [-0.05, 0) is 23.6 Å². The number of anilines is 3. The Morgan fingerprint density at radius 2 is 1.91 bits per heavy atom. The molecule has 162 valence electrons. The molecule has 7 nitrogen and oxygen atoms in total. The highest BCUT2D eigenvalue weighted by atomic mass is 79.9. The number of amides is 1. The Hall–Kier alpha value is -3.30. The molecular formula is C22H13BrN6OS3. The van der Waals surface area contributed by atoms with Crippen LogP contribution in [0.2, 0.25) is 0 Å². The number of thiazole rings is 1. The third kappa shape index (κ3) is 3.87. The van der Waals surface area contributed by atoms with E-state index in [1.165, 1.54) is 22.7 Å². The van der Waals surface area contributed by atoms with Gasteiger partial charge in [-0.1, -0.05) is 34.1 Å². The van der Waals surface area contributed by atoms with Gasteiger partial charge in [0.1, 0.15) is 27.2 Å². The molecule has 0 spiro atoms. The highest BCUT2D eigenvalue weighted by molar-refractivity contribution is 9.10. The Labute approximate surface area is 208 Å². The van der Waals surface area contributed by atoms with Gasteiger partial charge in [0.25, 0.3) is 5.91 Å². The highest BCUT2D eigenvalue weighted by Gasteiger charge is 2.25. The average Bonchev–Trinajstić information content (AvgIpc) is 3.54. The number of nitrogen functional groups attached to an aromatic ring is 2. The number of thiophene rings is 2. The molecule has 1 amide bonds. The number of carbonyl (C=O) groups is 1. The number of nitrogens with one attached hydrogen (secondary N) is 1. The number of benzene rings is 1. The summed E-state index contributed by atoms with van der Waals surface area (Å²) in [5.74, 6) is -0.276. The molecule has 4 aromatic heterocycles. The number of nitrogens with zero attached hydrogens (tertiary/aromatic N) is 3. The Morgan fingerprint density at radius 3 is 2.61 bits per heavy atom. The lowest BCUT2D eigenvalue weighted by Gasteiger charge is -2.07. The predicted octanol–water partition coefficient (Wildman–Crippen LogP) is 6.20. The predicted molar refractivity (Wildman–Crippen MR) is 140 cm³/mol. The maximum Gasteiger partial charge on any atom is 0.269 e. The van der Waals surface area contributed by atoms with Crippen LogP contribution in [0.25, 0.3) is 31.9 Å². The van der Waals surface area contributed by atoms with Crippen molar-refractivity contribution in [3.63, 3.8) is 0 Å². The van der Waals surface area contributed by atoms with Crippen LogP contribution in [-0.2, 0) is 0 Å². The van der Waals surface area contributed by atoms with Crippen LogP contribution in [0.4, 0.5) is 16.6 Å². The molecule has 0 aliphatic heterocycles. The molecule has 0 radical (unpaired) electrons. The van der Waals surface area contributed by atoms with E-state index in [-0.39, 0.29) is 23.0 Å². The molecule has 0 saturated carbocycles. The second-order valence-electron chi connectivity index (χ2n) is 6.86. The number of hydrogen-bond acceptors (Lipinski definition) is 9. The summed E-state index contributed by atoms with van der Waals surface area (Å²) in [7, 11) is 0. The van der Waals surface area contributed by atoms with Crippen LogP contribution < -0.4 is 16.8 Å². The number of carbonyl (C=O) groups excluding carboxylic acids is 1. The van der Waals surface area contributed by atoms with Gasteiger partial charge in [0, 0.05) is 31.2 Å². The number of nitrogens with two attached hydrogens (primary N) is 2. The second-order valence-corrected chi connectivity index (χ2v) is 10.6. The van der Waals surface area contributed by atoms with Gasteiger partial charge in [-0.15, -0.1) is 34.0 Å². The minimum Gasteiger partial charge on any atom is -0.397 e. The zero-order valence-corrected chi connectivity index (χ0v) is 20.7. The number of aromatic nitrogens is 2. The van der Waals surface area contributed by atoms with Gasteiger partial charge in [-0.3, -0.25) is 10.1 Å². The van der Waals surface area contributed by atoms with Gasteiger partial charge < -0.3 is 11.5 Å². The van der Waals surface area contributed by atoms with E-state index in [1.54, 1.807) is 0 Å². The fourth-order valence-electron chi connectivity index (χ4n) is 3.36. The molecule has 4 heterocycles. The molecule has 5 N–H and O–H groups in total. The SMILES string of the molecule is N#Cc1c(N)nc2sc(C(=O)Nc3nc(-c4ccc(Br)cc4)cs3)c(N)c2c1-c1cccs1. The number of rotatable bonds is 4. The number of pyridine rings is 1. The van der Waals surface area contributed by atoms with Crippen LogP contribution >= 0.6 is 49.9 Å². The van der Waals surface area contributed by atoms with E-state index in [9.17, 15) is 10.1 Å². The van der Waals surface area contributed by atoms with E-state index in [0.717, 1.165) is 31.9 Å². The van der Waals surface area contributed by atoms with Crippen LogP contribution in [0.1, 0.15) is 15.2 Å². The van der Waals surface area contributed by atoms with Crippen LogP contribution in [0.5, 0.6) is 0 Å². The monoisotopic (exact) mass is 552 g/mol. The van der Waals surface area contributed by atoms with Gasteiger partial charge in [0.15, 0.2) is 5.13 Å². The lowest BCUT2D eigenvalue weighted by Crippen LogP contribution is -2.11. The van der Waals surface area contributed by atoms with Crippen LogP contribution in [0, 0.1) is 11.3 Å². The smallest absolute Gasteiger partial charge is 0.269 e. The van der Waals surface area contributed by atoms with E-state index >= 15 is 0 Å². The summed E-state index contributed by atoms with van der Waals surface area (Å²) in [4.78, 5) is 23.6. The molecule has 33 heavy (non-hydrogen) atoms. The topological polar surface area (TPSA) is 131 Å². The fraction of sp³-hybridized carbons (Fsp3) is 0.